The molecule has 3 rings (SSSR count). The number of nitrogens with zero attached hydrogens (tertiary/aromatic N) is 1. The summed E-state index contributed by atoms with van der Waals surface area (Å²) >= 11 is 0. The van der Waals surface area contributed by atoms with Crippen molar-refractivity contribution >= 4 is 5.69 Å². The summed E-state index contributed by atoms with van der Waals surface area (Å²) < 4.78 is 28.9. The van der Waals surface area contributed by atoms with E-state index >= 15 is 0 Å². The molecule has 0 aromatic heterocycles. The largest absolute Gasteiger partial charge is 0.280 e. The van der Waals surface area contributed by atoms with Crippen LogP contribution in [0.2, 0.25) is 0 Å². The maximum absolute atomic E-state index is 14.5. The van der Waals surface area contributed by atoms with E-state index in [1.165, 1.54) is 30.3 Å². The highest BCUT2D eigenvalue weighted by atomic mass is 19.3. The zero-order valence-corrected chi connectivity index (χ0v) is 10.4. The van der Waals surface area contributed by atoms with Crippen molar-refractivity contribution in [1.29, 1.82) is 0 Å². The van der Waals surface area contributed by atoms with Crippen LogP contribution in [-0.2, 0) is 12.3 Å². The highest BCUT2D eigenvalue weighted by Crippen LogP contribution is 2.51. The van der Waals surface area contributed by atoms with Gasteiger partial charge in [-0.1, -0.05) is 36.4 Å². The fraction of sp³-hybridized carbons (Fsp3) is 0.200. The average Bonchev–Trinajstić information content (AvgIpc) is 2.71. The molecular formula is C15H11F2NO2. The Morgan fingerprint density at radius 1 is 1.15 bits per heavy atom. The molecule has 1 aliphatic rings. The van der Waals surface area contributed by atoms with Crippen molar-refractivity contribution in [2.24, 2.45) is 0 Å². The third-order valence-corrected chi connectivity index (χ3v) is 3.72. The second-order valence-electron chi connectivity index (χ2n) is 4.89. The number of rotatable bonds is 2. The number of benzene rings is 2. The molecule has 0 N–H and O–H groups in total. The second-order valence-corrected chi connectivity index (χ2v) is 4.89. The Bertz CT molecular complexity index is 685. The van der Waals surface area contributed by atoms with E-state index in [1.54, 1.807) is 18.2 Å². The van der Waals surface area contributed by atoms with Gasteiger partial charge in [0.05, 0.1) is 10.8 Å². The van der Waals surface area contributed by atoms with Crippen molar-refractivity contribution in [3.63, 3.8) is 0 Å². The predicted molar refractivity (Wildman–Crippen MR) is 69.9 cm³/mol. The summed E-state index contributed by atoms with van der Waals surface area (Å²) in [5.74, 6) is -4.04. The van der Waals surface area contributed by atoms with Crippen LogP contribution in [0.4, 0.5) is 14.5 Å². The van der Waals surface area contributed by atoms with Gasteiger partial charge in [0, 0.05) is 17.7 Å². The molecule has 5 heteroatoms. The number of fused-ring (bicyclic) bond motifs is 1. The quantitative estimate of drug-likeness (QED) is 0.613. The third kappa shape index (κ3) is 1.86. The summed E-state index contributed by atoms with van der Waals surface area (Å²) in [6, 6.07) is 11.9. The van der Waals surface area contributed by atoms with E-state index in [0.717, 1.165) is 0 Å². The van der Waals surface area contributed by atoms with Gasteiger partial charge in [0.1, 0.15) is 0 Å². The number of hydrogen-bond donors (Lipinski definition) is 0. The summed E-state index contributed by atoms with van der Waals surface area (Å²) in [6.07, 6.45) is 0.199. The summed E-state index contributed by atoms with van der Waals surface area (Å²) in [5.41, 5.74) is 0.778. The van der Waals surface area contributed by atoms with E-state index in [-0.39, 0.29) is 17.7 Å². The van der Waals surface area contributed by atoms with Gasteiger partial charge in [-0.05, 0) is 17.5 Å². The molecule has 102 valence electrons. The Morgan fingerprint density at radius 2 is 1.90 bits per heavy atom. The maximum Gasteiger partial charge on any atom is 0.280 e. The lowest BCUT2D eigenvalue weighted by Gasteiger charge is -2.20. The molecule has 0 fully saturated rings. The Morgan fingerprint density at radius 3 is 2.60 bits per heavy atom. The number of alkyl halides is 2. The molecule has 0 amide bonds. The van der Waals surface area contributed by atoms with Gasteiger partial charge in [-0.15, -0.1) is 0 Å². The van der Waals surface area contributed by atoms with Gasteiger partial charge in [0.25, 0.3) is 11.6 Å². The fourth-order valence-corrected chi connectivity index (χ4v) is 2.74. The first-order valence-electron chi connectivity index (χ1n) is 6.20. The summed E-state index contributed by atoms with van der Waals surface area (Å²) in [6.45, 7) is 0. The van der Waals surface area contributed by atoms with Gasteiger partial charge in [-0.25, -0.2) is 8.78 Å². The summed E-state index contributed by atoms with van der Waals surface area (Å²) in [5, 5.41) is 10.8. The van der Waals surface area contributed by atoms with Crippen LogP contribution >= 0.6 is 0 Å². The number of non-ortho nitro benzene ring substituents is 1. The van der Waals surface area contributed by atoms with Crippen molar-refractivity contribution in [2.45, 2.75) is 18.3 Å². The zero-order valence-electron chi connectivity index (χ0n) is 10.4. The van der Waals surface area contributed by atoms with Gasteiger partial charge in [-0.2, -0.15) is 0 Å². The normalized spacial score (nSPS) is 19.6. The van der Waals surface area contributed by atoms with Crippen LogP contribution < -0.4 is 0 Å². The number of nitro groups is 1. The lowest BCUT2D eigenvalue weighted by molar-refractivity contribution is -0.385. The standard InChI is InChI=1S/C15H11F2NO2/c16-15(17)13-7-2-1-4-11(13)9-14(15)10-5-3-6-12(8-10)18(19)20/h1-8,14H,9H2. The maximum atomic E-state index is 14.5. The molecule has 0 saturated carbocycles. The Labute approximate surface area is 114 Å². The minimum Gasteiger partial charge on any atom is -0.258 e. The molecule has 0 bridgehead atoms. The fourth-order valence-electron chi connectivity index (χ4n) is 2.74. The molecule has 1 aliphatic carbocycles. The molecule has 0 saturated heterocycles. The first-order chi connectivity index (χ1) is 9.50. The molecule has 0 aliphatic heterocycles. The number of hydrogen-bond acceptors (Lipinski definition) is 2. The van der Waals surface area contributed by atoms with E-state index in [1.807, 2.05) is 0 Å². The molecule has 2 aromatic carbocycles. The smallest absolute Gasteiger partial charge is 0.258 e. The molecule has 1 atom stereocenters. The van der Waals surface area contributed by atoms with Gasteiger partial charge in [0.2, 0.25) is 0 Å². The minimum atomic E-state index is -2.99. The Balaban J connectivity index is 2.05. The van der Waals surface area contributed by atoms with Crippen molar-refractivity contribution in [1.82, 2.24) is 0 Å². The van der Waals surface area contributed by atoms with Gasteiger partial charge in [-0.3, -0.25) is 10.1 Å². The van der Waals surface area contributed by atoms with Gasteiger partial charge in [0.15, 0.2) is 0 Å². The lowest BCUT2D eigenvalue weighted by atomic mass is 9.93. The third-order valence-electron chi connectivity index (χ3n) is 3.72. The van der Waals surface area contributed by atoms with Crippen LogP contribution in [0.15, 0.2) is 48.5 Å². The summed E-state index contributed by atoms with van der Waals surface area (Å²) in [4.78, 5) is 10.2. The SMILES string of the molecule is O=[N+]([O-])c1cccc(C2Cc3ccccc3C2(F)F)c1. The second kappa shape index (κ2) is 4.37. The van der Waals surface area contributed by atoms with Crippen LogP contribution in [0.5, 0.6) is 0 Å². The molecule has 0 spiro atoms. The van der Waals surface area contributed by atoms with Crippen LogP contribution in [0.1, 0.15) is 22.6 Å². The van der Waals surface area contributed by atoms with Crippen LogP contribution in [-0.4, -0.2) is 4.92 Å². The minimum absolute atomic E-state index is 0.0245. The number of halogens is 2. The zero-order chi connectivity index (χ0) is 14.3. The first kappa shape index (κ1) is 12.7. The van der Waals surface area contributed by atoms with Crippen molar-refractivity contribution in [3.8, 4) is 0 Å². The average molecular weight is 275 g/mol. The van der Waals surface area contributed by atoms with Crippen molar-refractivity contribution in [3.05, 3.63) is 75.3 Å². The van der Waals surface area contributed by atoms with Crippen LogP contribution in [0.3, 0.4) is 0 Å². The first-order valence-corrected chi connectivity index (χ1v) is 6.20. The summed E-state index contributed by atoms with van der Waals surface area (Å²) in [7, 11) is 0. The lowest BCUT2D eigenvalue weighted by Crippen LogP contribution is -2.19. The number of nitro benzene ring substituents is 1. The molecule has 3 nitrogen and oxygen atoms in total. The molecular weight excluding hydrogens is 264 g/mol. The molecule has 2 aromatic rings. The van der Waals surface area contributed by atoms with E-state index < -0.39 is 16.8 Å². The molecule has 20 heavy (non-hydrogen) atoms. The molecule has 1 unspecified atom stereocenters. The predicted octanol–water partition coefficient (Wildman–Crippen LogP) is 4.03. The van der Waals surface area contributed by atoms with Crippen LogP contribution in [0, 0.1) is 10.1 Å². The van der Waals surface area contributed by atoms with E-state index in [0.29, 0.717) is 11.1 Å². The molecule has 0 radical (unpaired) electrons. The van der Waals surface area contributed by atoms with Gasteiger partial charge < -0.3 is 0 Å². The Hall–Kier alpha value is -2.30. The van der Waals surface area contributed by atoms with E-state index in [4.69, 9.17) is 0 Å². The highest BCUT2D eigenvalue weighted by molar-refractivity contribution is 5.45. The van der Waals surface area contributed by atoms with Crippen molar-refractivity contribution < 1.29 is 13.7 Å². The Kier molecular flexibility index (Phi) is 2.78. The highest BCUT2D eigenvalue weighted by Gasteiger charge is 2.48. The molecule has 0 heterocycles. The van der Waals surface area contributed by atoms with Gasteiger partial charge >= 0.3 is 0 Å². The topological polar surface area (TPSA) is 43.1 Å². The monoisotopic (exact) mass is 275 g/mol. The van der Waals surface area contributed by atoms with E-state index in [2.05, 4.69) is 0 Å². The van der Waals surface area contributed by atoms with Crippen LogP contribution in [0.25, 0.3) is 0 Å². The van der Waals surface area contributed by atoms with E-state index in [9.17, 15) is 18.9 Å². The van der Waals surface area contributed by atoms with Crippen molar-refractivity contribution in [2.75, 3.05) is 0 Å².